The van der Waals surface area contributed by atoms with E-state index in [0.29, 0.717) is 12.5 Å². The molecule has 1 aromatic carbocycles. The standard InChI is InChI=1S/C19H23N3O2.C2H6/c1-23-15-7-8-17-16(14-15)20-19(18-6-5-11-22(17)18)24-13-12-21-9-3-2-4-10-21;1-2/h5-8,11,14H,2-4,9-10,12-13H2,1H3;1-2H3. The van der Waals surface area contributed by atoms with Crippen LogP contribution in [0.15, 0.2) is 36.5 Å². The van der Waals surface area contributed by atoms with Gasteiger partial charge in [0.1, 0.15) is 17.9 Å². The van der Waals surface area contributed by atoms with Gasteiger partial charge in [-0.05, 0) is 50.2 Å². The molecule has 0 aliphatic carbocycles. The van der Waals surface area contributed by atoms with Gasteiger partial charge in [0.15, 0.2) is 0 Å². The molecule has 0 saturated carbocycles. The first-order valence-corrected chi connectivity index (χ1v) is 9.65. The van der Waals surface area contributed by atoms with Crippen LogP contribution in [-0.4, -0.2) is 47.6 Å². The summed E-state index contributed by atoms with van der Waals surface area (Å²) in [6.45, 7) is 8.01. The number of benzene rings is 1. The molecule has 3 aromatic rings. The molecule has 0 spiro atoms. The quantitative estimate of drug-likeness (QED) is 0.680. The number of piperidine rings is 1. The van der Waals surface area contributed by atoms with E-state index in [1.807, 2.05) is 50.4 Å². The van der Waals surface area contributed by atoms with Gasteiger partial charge in [-0.15, -0.1) is 0 Å². The second-order valence-electron chi connectivity index (χ2n) is 6.29. The molecule has 3 heterocycles. The summed E-state index contributed by atoms with van der Waals surface area (Å²) in [5.41, 5.74) is 2.94. The second kappa shape index (κ2) is 8.90. The molecule has 4 rings (SSSR count). The molecule has 26 heavy (non-hydrogen) atoms. The van der Waals surface area contributed by atoms with Crippen LogP contribution in [0.5, 0.6) is 11.6 Å². The summed E-state index contributed by atoms with van der Waals surface area (Å²) in [5.74, 6) is 1.50. The van der Waals surface area contributed by atoms with Crippen molar-refractivity contribution in [1.82, 2.24) is 14.3 Å². The van der Waals surface area contributed by atoms with Crippen molar-refractivity contribution in [2.75, 3.05) is 33.4 Å². The van der Waals surface area contributed by atoms with Gasteiger partial charge in [-0.2, -0.15) is 0 Å². The SMILES string of the molecule is CC.COc1ccc2c(c1)nc(OCCN1CCCCC1)c1cccn12. The topological polar surface area (TPSA) is 39.0 Å². The van der Waals surface area contributed by atoms with Crippen LogP contribution in [0.4, 0.5) is 0 Å². The molecule has 0 amide bonds. The third kappa shape index (κ3) is 3.93. The van der Waals surface area contributed by atoms with Crippen LogP contribution in [-0.2, 0) is 0 Å². The molecule has 0 radical (unpaired) electrons. The van der Waals surface area contributed by atoms with Crippen molar-refractivity contribution in [2.24, 2.45) is 0 Å². The Bertz CT molecular complexity index is 838. The minimum Gasteiger partial charge on any atom is -0.497 e. The number of rotatable bonds is 5. The number of methoxy groups -OCH3 is 1. The van der Waals surface area contributed by atoms with Crippen molar-refractivity contribution in [1.29, 1.82) is 0 Å². The van der Waals surface area contributed by atoms with Crippen molar-refractivity contribution in [3.05, 3.63) is 36.5 Å². The van der Waals surface area contributed by atoms with Crippen LogP contribution in [0.3, 0.4) is 0 Å². The zero-order chi connectivity index (χ0) is 18.4. The van der Waals surface area contributed by atoms with E-state index in [1.165, 1.54) is 32.4 Å². The van der Waals surface area contributed by atoms with Crippen LogP contribution in [0.25, 0.3) is 16.6 Å². The average molecular weight is 355 g/mol. The fourth-order valence-electron chi connectivity index (χ4n) is 3.42. The molecule has 0 unspecified atom stereocenters. The minimum atomic E-state index is 0.670. The Balaban J connectivity index is 0.000000948. The molecule has 1 fully saturated rings. The largest absolute Gasteiger partial charge is 0.497 e. The molecular weight excluding hydrogens is 326 g/mol. The molecule has 0 N–H and O–H groups in total. The maximum Gasteiger partial charge on any atom is 0.238 e. The van der Waals surface area contributed by atoms with Gasteiger partial charge in [-0.25, -0.2) is 4.98 Å². The lowest BCUT2D eigenvalue weighted by molar-refractivity contribution is 0.181. The second-order valence-corrected chi connectivity index (χ2v) is 6.29. The van der Waals surface area contributed by atoms with Crippen molar-refractivity contribution in [3.8, 4) is 11.6 Å². The lowest BCUT2D eigenvalue weighted by atomic mass is 10.1. The summed E-state index contributed by atoms with van der Waals surface area (Å²) in [7, 11) is 1.67. The lowest BCUT2D eigenvalue weighted by Crippen LogP contribution is -2.33. The molecular formula is C21H29N3O2. The highest BCUT2D eigenvalue weighted by Gasteiger charge is 2.12. The van der Waals surface area contributed by atoms with E-state index < -0.39 is 0 Å². The minimum absolute atomic E-state index is 0.670. The van der Waals surface area contributed by atoms with Crippen molar-refractivity contribution in [2.45, 2.75) is 33.1 Å². The molecule has 5 heteroatoms. The van der Waals surface area contributed by atoms with Gasteiger partial charge in [0, 0.05) is 18.8 Å². The van der Waals surface area contributed by atoms with Crippen molar-refractivity contribution < 1.29 is 9.47 Å². The van der Waals surface area contributed by atoms with E-state index in [4.69, 9.17) is 14.5 Å². The van der Waals surface area contributed by atoms with E-state index in [1.54, 1.807) is 7.11 Å². The van der Waals surface area contributed by atoms with Gasteiger partial charge in [0.25, 0.3) is 0 Å². The molecule has 1 aliphatic heterocycles. The van der Waals surface area contributed by atoms with E-state index in [9.17, 15) is 0 Å². The van der Waals surface area contributed by atoms with Gasteiger partial charge in [0.2, 0.25) is 5.88 Å². The van der Waals surface area contributed by atoms with Crippen LogP contribution in [0.2, 0.25) is 0 Å². The predicted octanol–water partition coefficient (Wildman–Crippen LogP) is 4.39. The molecule has 1 saturated heterocycles. The van der Waals surface area contributed by atoms with Crippen molar-refractivity contribution >= 4 is 16.6 Å². The van der Waals surface area contributed by atoms with Crippen LogP contribution >= 0.6 is 0 Å². The zero-order valence-electron chi connectivity index (χ0n) is 16.1. The van der Waals surface area contributed by atoms with Gasteiger partial charge in [0.05, 0.1) is 18.1 Å². The van der Waals surface area contributed by atoms with E-state index in [-0.39, 0.29) is 0 Å². The van der Waals surface area contributed by atoms with Crippen LogP contribution in [0.1, 0.15) is 33.1 Å². The number of likely N-dealkylation sites (tertiary alicyclic amines) is 1. The van der Waals surface area contributed by atoms with Gasteiger partial charge < -0.3 is 13.9 Å². The number of nitrogens with zero attached hydrogens (tertiary/aromatic N) is 3. The maximum atomic E-state index is 6.05. The van der Waals surface area contributed by atoms with E-state index in [2.05, 4.69) is 9.30 Å². The fraction of sp³-hybridized carbons (Fsp3) is 0.476. The normalized spacial score (nSPS) is 14.9. The molecule has 140 valence electrons. The van der Waals surface area contributed by atoms with Gasteiger partial charge in [-0.3, -0.25) is 4.90 Å². The Morgan fingerprint density at radius 3 is 2.62 bits per heavy atom. The highest BCUT2D eigenvalue weighted by atomic mass is 16.5. The number of aromatic nitrogens is 2. The Hall–Kier alpha value is -2.27. The smallest absolute Gasteiger partial charge is 0.238 e. The highest BCUT2D eigenvalue weighted by Crippen LogP contribution is 2.26. The number of hydrogen-bond donors (Lipinski definition) is 0. The van der Waals surface area contributed by atoms with Gasteiger partial charge in [-0.1, -0.05) is 20.3 Å². The summed E-state index contributed by atoms with van der Waals surface area (Å²) in [6, 6.07) is 10.0. The maximum absolute atomic E-state index is 6.05. The summed E-state index contributed by atoms with van der Waals surface area (Å²) >= 11 is 0. The number of hydrogen-bond acceptors (Lipinski definition) is 4. The third-order valence-electron chi connectivity index (χ3n) is 4.73. The first kappa shape index (κ1) is 18.5. The van der Waals surface area contributed by atoms with E-state index >= 15 is 0 Å². The molecule has 1 aliphatic rings. The molecule has 5 nitrogen and oxygen atoms in total. The summed E-state index contributed by atoms with van der Waals surface area (Å²) in [4.78, 5) is 7.20. The third-order valence-corrected chi connectivity index (χ3v) is 4.73. The Morgan fingerprint density at radius 1 is 1.04 bits per heavy atom. The first-order valence-electron chi connectivity index (χ1n) is 9.65. The monoisotopic (exact) mass is 355 g/mol. The Morgan fingerprint density at radius 2 is 1.85 bits per heavy atom. The average Bonchev–Trinajstić information content (AvgIpc) is 3.20. The molecule has 0 atom stereocenters. The van der Waals surface area contributed by atoms with Crippen LogP contribution < -0.4 is 9.47 Å². The van der Waals surface area contributed by atoms with Crippen molar-refractivity contribution in [3.63, 3.8) is 0 Å². The fourth-order valence-corrected chi connectivity index (χ4v) is 3.42. The van der Waals surface area contributed by atoms with Gasteiger partial charge >= 0.3 is 0 Å². The van der Waals surface area contributed by atoms with E-state index in [0.717, 1.165) is 28.8 Å². The summed E-state index contributed by atoms with van der Waals surface area (Å²) in [5, 5.41) is 0. The summed E-state index contributed by atoms with van der Waals surface area (Å²) < 4.78 is 13.5. The predicted molar refractivity (Wildman–Crippen MR) is 106 cm³/mol. The number of fused-ring (bicyclic) bond motifs is 3. The number of ether oxygens (including phenoxy) is 2. The highest BCUT2D eigenvalue weighted by molar-refractivity contribution is 5.82. The summed E-state index contributed by atoms with van der Waals surface area (Å²) in [6.07, 6.45) is 6.01. The first-order chi connectivity index (χ1) is 12.8. The molecule has 2 aromatic heterocycles. The Kier molecular flexibility index (Phi) is 6.34. The zero-order valence-corrected chi connectivity index (χ0v) is 16.1. The lowest BCUT2D eigenvalue weighted by Gasteiger charge is -2.26. The Labute approximate surface area is 155 Å². The van der Waals surface area contributed by atoms with Crippen LogP contribution in [0, 0.1) is 0 Å². The molecule has 0 bridgehead atoms.